The summed E-state index contributed by atoms with van der Waals surface area (Å²) in [7, 11) is 0. The maximum atomic E-state index is 14.1. The Morgan fingerprint density at radius 3 is 2.56 bits per heavy atom. The van der Waals surface area contributed by atoms with Gasteiger partial charge in [0.05, 0.1) is 17.8 Å². The Bertz CT molecular complexity index is 734. The number of aromatic nitrogens is 4. The van der Waals surface area contributed by atoms with Crippen LogP contribution < -0.4 is 4.90 Å². The number of hydrogen-bond acceptors (Lipinski definition) is 5. The molecule has 1 aromatic carbocycles. The van der Waals surface area contributed by atoms with Crippen molar-refractivity contribution >= 4 is 5.69 Å². The zero-order valence-electron chi connectivity index (χ0n) is 16.1. The molecular weight excluding hydrogens is 343 g/mol. The lowest BCUT2D eigenvalue weighted by Gasteiger charge is -2.40. The summed E-state index contributed by atoms with van der Waals surface area (Å²) in [6, 6.07) is 7.75. The molecule has 146 valence electrons. The van der Waals surface area contributed by atoms with Gasteiger partial charge in [-0.3, -0.25) is 4.90 Å². The molecule has 6 nitrogen and oxygen atoms in total. The highest BCUT2D eigenvalue weighted by Gasteiger charge is 2.31. The summed E-state index contributed by atoms with van der Waals surface area (Å²) in [5.74, 6) is 0.879. The van der Waals surface area contributed by atoms with Crippen molar-refractivity contribution in [2.75, 3.05) is 31.1 Å². The number of halogens is 1. The van der Waals surface area contributed by atoms with Crippen molar-refractivity contribution in [3.63, 3.8) is 0 Å². The zero-order chi connectivity index (χ0) is 18.6. The first-order chi connectivity index (χ1) is 13.3. The molecule has 2 aromatic rings. The molecule has 7 heteroatoms. The van der Waals surface area contributed by atoms with Crippen LogP contribution in [0.3, 0.4) is 0 Å². The van der Waals surface area contributed by atoms with Gasteiger partial charge >= 0.3 is 0 Å². The van der Waals surface area contributed by atoms with E-state index in [1.807, 2.05) is 12.1 Å². The van der Waals surface area contributed by atoms with Crippen molar-refractivity contribution in [2.45, 2.75) is 57.5 Å². The molecule has 1 saturated heterocycles. The van der Waals surface area contributed by atoms with Gasteiger partial charge in [0, 0.05) is 26.2 Å². The number of anilines is 1. The molecule has 2 fully saturated rings. The summed E-state index contributed by atoms with van der Waals surface area (Å²) in [5, 5.41) is 12.8. The molecule has 0 bridgehead atoms. The monoisotopic (exact) mass is 372 g/mol. The Morgan fingerprint density at radius 2 is 1.85 bits per heavy atom. The van der Waals surface area contributed by atoms with Crippen LogP contribution in [0.5, 0.6) is 0 Å². The molecule has 2 aliphatic rings. The molecule has 0 unspecified atom stereocenters. The van der Waals surface area contributed by atoms with Gasteiger partial charge in [-0.1, -0.05) is 38.3 Å². The lowest BCUT2D eigenvalue weighted by Crippen LogP contribution is -2.48. The fraction of sp³-hybridized carbons (Fsp3) is 0.650. The molecule has 4 rings (SSSR count). The largest absolute Gasteiger partial charge is 0.367 e. The van der Waals surface area contributed by atoms with Crippen LogP contribution in [0.2, 0.25) is 0 Å². The number of hydrogen-bond donors (Lipinski definition) is 0. The minimum atomic E-state index is -0.138. The van der Waals surface area contributed by atoms with E-state index in [-0.39, 0.29) is 11.9 Å². The van der Waals surface area contributed by atoms with E-state index in [9.17, 15) is 4.39 Å². The average Bonchev–Trinajstić information content (AvgIpc) is 3.38. The standard InChI is InChI=1S/C20H29FN6/c1-2-7-19(20-22-23-24-27(20)16-8-3-4-9-16)26-14-12-25(13-15-26)18-11-6-5-10-17(18)21/h5-6,10-11,16,19H,2-4,7-9,12-15H2,1H3/t19-/m0/s1. The van der Waals surface area contributed by atoms with Gasteiger partial charge in [0.15, 0.2) is 5.82 Å². The fourth-order valence-electron chi connectivity index (χ4n) is 4.56. The fourth-order valence-corrected chi connectivity index (χ4v) is 4.56. The van der Waals surface area contributed by atoms with Crippen molar-refractivity contribution < 1.29 is 4.39 Å². The van der Waals surface area contributed by atoms with Crippen LogP contribution in [-0.2, 0) is 0 Å². The van der Waals surface area contributed by atoms with Crippen molar-refractivity contribution in [1.29, 1.82) is 0 Å². The van der Waals surface area contributed by atoms with E-state index in [4.69, 9.17) is 0 Å². The molecule has 1 aliphatic carbocycles. The van der Waals surface area contributed by atoms with E-state index in [1.54, 1.807) is 6.07 Å². The second-order valence-electron chi connectivity index (χ2n) is 7.70. The molecule has 1 saturated carbocycles. The van der Waals surface area contributed by atoms with Gasteiger partial charge < -0.3 is 4.90 Å². The molecule has 1 atom stereocenters. The van der Waals surface area contributed by atoms with Gasteiger partial charge in [-0.05, 0) is 41.8 Å². The van der Waals surface area contributed by atoms with E-state index in [0.29, 0.717) is 11.7 Å². The summed E-state index contributed by atoms with van der Waals surface area (Å²) in [6.45, 7) is 5.66. The number of para-hydroxylation sites is 1. The van der Waals surface area contributed by atoms with Crippen LogP contribution >= 0.6 is 0 Å². The van der Waals surface area contributed by atoms with Gasteiger partial charge in [-0.25, -0.2) is 9.07 Å². The van der Waals surface area contributed by atoms with Crippen LogP contribution in [0.4, 0.5) is 10.1 Å². The van der Waals surface area contributed by atoms with E-state index in [0.717, 1.165) is 44.8 Å². The van der Waals surface area contributed by atoms with Gasteiger partial charge in [-0.15, -0.1) is 5.10 Å². The van der Waals surface area contributed by atoms with Gasteiger partial charge in [-0.2, -0.15) is 0 Å². The molecule has 0 N–H and O–H groups in total. The van der Waals surface area contributed by atoms with Gasteiger partial charge in [0.25, 0.3) is 0 Å². The number of piperazine rings is 1. The summed E-state index contributed by atoms with van der Waals surface area (Å²) < 4.78 is 16.2. The minimum absolute atomic E-state index is 0.138. The Balaban J connectivity index is 1.48. The lowest BCUT2D eigenvalue weighted by molar-refractivity contribution is 0.161. The Hall–Kier alpha value is -2.02. The normalized spacial score (nSPS) is 20.3. The predicted molar refractivity (Wildman–Crippen MR) is 103 cm³/mol. The Kier molecular flexibility index (Phi) is 5.66. The van der Waals surface area contributed by atoms with Crippen molar-refractivity contribution in [3.8, 4) is 0 Å². The summed E-state index contributed by atoms with van der Waals surface area (Å²) in [4.78, 5) is 4.63. The van der Waals surface area contributed by atoms with Crippen LogP contribution in [0, 0.1) is 5.82 Å². The predicted octanol–water partition coefficient (Wildman–Crippen LogP) is 3.59. The SMILES string of the molecule is CCC[C@@H](c1nnnn1C1CCCC1)N1CCN(c2ccccc2F)CC1. The van der Waals surface area contributed by atoms with Crippen molar-refractivity contribution in [2.24, 2.45) is 0 Å². The van der Waals surface area contributed by atoms with Crippen LogP contribution in [0.1, 0.15) is 63.4 Å². The molecule has 0 spiro atoms. The van der Waals surface area contributed by atoms with Gasteiger partial charge in [0.1, 0.15) is 5.82 Å². The van der Waals surface area contributed by atoms with Crippen LogP contribution in [-0.4, -0.2) is 51.3 Å². The number of tetrazole rings is 1. The Labute approximate surface area is 160 Å². The molecule has 0 radical (unpaired) electrons. The second kappa shape index (κ2) is 8.33. The number of benzene rings is 1. The first-order valence-electron chi connectivity index (χ1n) is 10.3. The average molecular weight is 372 g/mol. The van der Waals surface area contributed by atoms with Crippen molar-refractivity contribution in [3.05, 3.63) is 35.9 Å². The highest BCUT2D eigenvalue weighted by atomic mass is 19.1. The third-order valence-electron chi connectivity index (χ3n) is 6.00. The second-order valence-corrected chi connectivity index (χ2v) is 7.70. The molecule has 27 heavy (non-hydrogen) atoms. The zero-order valence-corrected chi connectivity index (χ0v) is 16.1. The molecule has 2 heterocycles. The quantitative estimate of drug-likeness (QED) is 0.776. The topological polar surface area (TPSA) is 50.1 Å². The first kappa shape index (κ1) is 18.3. The van der Waals surface area contributed by atoms with Crippen LogP contribution in [0.25, 0.3) is 0 Å². The number of nitrogens with zero attached hydrogens (tertiary/aromatic N) is 6. The summed E-state index contributed by atoms with van der Waals surface area (Å²) in [5.41, 5.74) is 0.708. The van der Waals surface area contributed by atoms with E-state index < -0.39 is 0 Å². The minimum Gasteiger partial charge on any atom is -0.367 e. The van der Waals surface area contributed by atoms with Gasteiger partial charge in [0.2, 0.25) is 0 Å². The molecule has 0 amide bonds. The summed E-state index contributed by atoms with van der Waals surface area (Å²) >= 11 is 0. The third-order valence-corrected chi connectivity index (χ3v) is 6.00. The maximum absolute atomic E-state index is 14.1. The highest BCUT2D eigenvalue weighted by Crippen LogP contribution is 2.33. The molecular formula is C20H29FN6. The summed E-state index contributed by atoms with van der Waals surface area (Å²) in [6.07, 6.45) is 7.03. The number of rotatable bonds is 6. The van der Waals surface area contributed by atoms with Crippen LogP contribution in [0.15, 0.2) is 24.3 Å². The first-order valence-corrected chi connectivity index (χ1v) is 10.3. The smallest absolute Gasteiger partial charge is 0.168 e. The third kappa shape index (κ3) is 3.83. The molecule has 1 aromatic heterocycles. The van der Waals surface area contributed by atoms with E-state index >= 15 is 0 Å². The van der Waals surface area contributed by atoms with Crippen molar-refractivity contribution in [1.82, 2.24) is 25.1 Å². The Morgan fingerprint density at radius 1 is 1.11 bits per heavy atom. The highest BCUT2D eigenvalue weighted by molar-refractivity contribution is 5.48. The lowest BCUT2D eigenvalue weighted by atomic mass is 10.1. The van der Waals surface area contributed by atoms with E-state index in [2.05, 4.69) is 36.9 Å². The van der Waals surface area contributed by atoms with E-state index in [1.165, 1.54) is 31.7 Å². The molecule has 1 aliphatic heterocycles. The maximum Gasteiger partial charge on any atom is 0.168 e.